The maximum atomic E-state index is 12.7. The number of carbonyl (C=O) groups is 1. The topological polar surface area (TPSA) is 54.5 Å². The lowest BCUT2D eigenvalue weighted by Crippen LogP contribution is -2.54. The monoisotopic (exact) mass is 339 g/mol. The van der Waals surface area contributed by atoms with E-state index in [9.17, 15) is 4.79 Å². The molecule has 5 nitrogen and oxygen atoms in total. The molecule has 3 heterocycles. The van der Waals surface area contributed by atoms with Crippen LogP contribution in [0.25, 0.3) is 10.2 Å². The van der Waals surface area contributed by atoms with Gasteiger partial charge >= 0.3 is 6.03 Å². The van der Waals surface area contributed by atoms with Gasteiger partial charge in [0.05, 0.1) is 22.4 Å². The summed E-state index contributed by atoms with van der Waals surface area (Å²) in [6.07, 6.45) is 4.00. The van der Waals surface area contributed by atoms with E-state index in [1.54, 1.807) is 16.2 Å². The van der Waals surface area contributed by atoms with Crippen molar-refractivity contribution in [1.82, 2.24) is 10.3 Å². The minimum Gasteiger partial charge on any atom is -0.493 e. The molecule has 1 spiro atoms. The van der Waals surface area contributed by atoms with Gasteiger partial charge in [-0.15, -0.1) is 5.92 Å². The molecule has 2 aromatic rings. The van der Waals surface area contributed by atoms with Gasteiger partial charge in [0.2, 0.25) is 0 Å². The molecule has 1 aromatic heterocycles. The molecule has 0 bridgehead atoms. The van der Waals surface area contributed by atoms with Gasteiger partial charge in [0, 0.05) is 12.0 Å². The summed E-state index contributed by atoms with van der Waals surface area (Å²) in [6, 6.07) is 3.84. The third-order valence-corrected chi connectivity index (χ3v) is 6.33. The van der Waals surface area contributed by atoms with E-state index in [0.717, 1.165) is 52.3 Å². The number of nitrogens with one attached hydrogen (secondary N) is 1. The van der Waals surface area contributed by atoms with E-state index in [-0.39, 0.29) is 17.6 Å². The Morgan fingerprint density at radius 3 is 3.08 bits per heavy atom. The van der Waals surface area contributed by atoms with Crippen LogP contribution in [0, 0.1) is 11.8 Å². The fourth-order valence-corrected chi connectivity index (χ4v) is 4.98. The first-order valence-corrected chi connectivity index (χ1v) is 9.12. The van der Waals surface area contributed by atoms with Gasteiger partial charge in [0.25, 0.3) is 0 Å². The van der Waals surface area contributed by atoms with Crippen LogP contribution in [-0.2, 0) is 6.42 Å². The van der Waals surface area contributed by atoms with E-state index in [4.69, 9.17) is 9.72 Å². The number of rotatable bonds is 1. The smallest absolute Gasteiger partial charge is 0.325 e. The Balaban J connectivity index is 1.63. The van der Waals surface area contributed by atoms with Crippen LogP contribution in [0.3, 0.4) is 0 Å². The Labute approximate surface area is 144 Å². The number of hydrogen-bond acceptors (Lipinski definition) is 4. The normalized spacial score (nSPS) is 23.5. The number of aromatic nitrogens is 1. The summed E-state index contributed by atoms with van der Waals surface area (Å²) in [4.78, 5) is 19.2. The second-order valence-corrected chi connectivity index (χ2v) is 7.60. The molecule has 2 aliphatic heterocycles. The van der Waals surface area contributed by atoms with Gasteiger partial charge in [0.15, 0.2) is 5.13 Å². The molecule has 6 heteroatoms. The zero-order chi connectivity index (χ0) is 16.3. The van der Waals surface area contributed by atoms with Crippen LogP contribution in [0.1, 0.15) is 31.7 Å². The molecule has 2 amide bonds. The van der Waals surface area contributed by atoms with E-state index in [0.29, 0.717) is 6.61 Å². The highest BCUT2D eigenvalue weighted by atomic mass is 32.1. The van der Waals surface area contributed by atoms with Crippen LogP contribution in [0.4, 0.5) is 9.93 Å². The molecule has 1 saturated heterocycles. The molecule has 1 unspecified atom stereocenters. The van der Waals surface area contributed by atoms with Gasteiger partial charge in [-0.1, -0.05) is 17.3 Å². The number of urea groups is 1. The third-order valence-electron chi connectivity index (χ3n) is 5.31. The molecule has 1 aromatic carbocycles. The zero-order valence-corrected chi connectivity index (χ0v) is 14.2. The van der Waals surface area contributed by atoms with Crippen molar-refractivity contribution in [3.63, 3.8) is 0 Å². The molecule has 1 saturated carbocycles. The second kappa shape index (κ2) is 4.87. The molecule has 5 rings (SSSR count). The second-order valence-electron chi connectivity index (χ2n) is 6.59. The largest absolute Gasteiger partial charge is 0.493 e. The number of fused-ring (bicyclic) bond motifs is 3. The van der Waals surface area contributed by atoms with Crippen molar-refractivity contribution < 1.29 is 9.53 Å². The molecule has 2 fully saturated rings. The fourth-order valence-electron chi connectivity index (χ4n) is 3.96. The van der Waals surface area contributed by atoms with Crippen molar-refractivity contribution in [3.8, 4) is 17.6 Å². The molecule has 1 N–H and O–H groups in total. The molecular weight excluding hydrogens is 322 g/mol. The van der Waals surface area contributed by atoms with E-state index in [2.05, 4.69) is 17.2 Å². The van der Waals surface area contributed by atoms with Crippen molar-refractivity contribution in [2.45, 2.75) is 44.2 Å². The highest BCUT2D eigenvalue weighted by Gasteiger charge is 2.55. The summed E-state index contributed by atoms with van der Waals surface area (Å²) in [5.74, 6) is 7.17. The summed E-state index contributed by atoms with van der Waals surface area (Å²) in [6.45, 7) is 2.54. The van der Waals surface area contributed by atoms with E-state index < -0.39 is 0 Å². The Kier molecular flexibility index (Phi) is 2.86. The first kappa shape index (κ1) is 14.1. The number of ether oxygens (including phenoxy) is 1. The number of anilines is 1. The van der Waals surface area contributed by atoms with Crippen molar-refractivity contribution >= 4 is 32.7 Å². The number of benzene rings is 1. The summed E-state index contributed by atoms with van der Waals surface area (Å²) >= 11 is 1.56. The van der Waals surface area contributed by atoms with Crippen LogP contribution in [-0.4, -0.2) is 29.2 Å². The predicted molar refractivity (Wildman–Crippen MR) is 93.6 cm³/mol. The Hall–Kier alpha value is -2.26. The minimum atomic E-state index is -0.191. The van der Waals surface area contributed by atoms with E-state index >= 15 is 0 Å². The molecule has 3 aliphatic rings. The third kappa shape index (κ3) is 1.76. The van der Waals surface area contributed by atoms with Gasteiger partial charge < -0.3 is 10.1 Å². The molecule has 1 aliphatic carbocycles. The van der Waals surface area contributed by atoms with Crippen LogP contribution in [0.15, 0.2) is 12.1 Å². The van der Waals surface area contributed by atoms with E-state index in [1.165, 1.54) is 0 Å². The zero-order valence-electron chi connectivity index (χ0n) is 13.4. The van der Waals surface area contributed by atoms with Crippen molar-refractivity contribution in [3.05, 3.63) is 17.7 Å². The number of carbonyl (C=O) groups excluding carboxylic acids is 1. The molecule has 122 valence electrons. The predicted octanol–water partition coefficient (Wildman–Crippen LogP) is 3.08. The van der Waals surface area contributed by atoms with Crippen molar-refractivity contribution in [2.24, 2.45) is 0 Å². The Morgan fingerprint density at radius 2 is 2.33 bits per heavy atom. The fraction of sp³-hybridized carbons (Fsp3) is 0.444. The Bertz CT molecular complexity index is 919. The highest BCUT2D eigenvalue weighted by molar-refractivity contribution is 7.22. The number of nitrogens with zero attached hydrogens (tertiary/aromatic N) is 2. The average molecular weight is 339 g/mol. The summed E-state index contributed by atoms with van der Waals surface area (Å²) < 4.78 is 6.73. The first-order chi connectivity index (χ1) is 11.7. The van der Waals surface area contributed by atoms with Crippen LogP contribution in [0.2, 0.25) is 0 Å². The van der Waals surface area contributed by atoms with Gasteiger partial charge in [-0.3, -0.25) is 4.90 Å². The first-order valence-electron chi connectivity index (χ1n) is 8.31. The van der Waals surface area contributed by atoms with Crippen LogP contribution >= 0.6 is 11.3 Å². The van der Waals surface area contributed by atoms with Crippen molar-refractivity contribution in [1.29, 1.82) is 0 Å². The highest BCUT2D eigenvalue weighted by Crippen LogP contribution is 2.45. The van der Waals surface area contributed by atoms with Crippen molar-refractivity contribution in [2.75, 3.05) is 11.5 Å². The quantitative estimate of drug-likeness (QED) is 0.813. The molecule has 1 atom stereocenters. The van der Waals surface area contributed by atoms with E-state index in [1.807, 2.05) is 19.1 Å². The maximum absolute atomic E-state index is 12.7. The molecule has 0 radical (unpaired) electrons. The number of hydrogen-bond donors (Lipinski definition) is 1. The number of thiazole rings is 1. The molecular formula is C18H17N3O2S. The van der Waals surface area contributed by atoms with Gasteiger partial charge in [-0.05, 0) is 38.3 Å². The van der Waals surface area contributed by atoms with Crippen LogP contribution < -0.4 is 15.0 Å². The lowest BCUT2D eigenvalue weighted by atomic mass is 9.72. The SMILES string of the molecule is CC#CC1N(c2nc3c4c(ccc3s2)OCC4)C(=O)NC12CCC2. The minimum absolute atomic E-state index is 0.0746. The standard InChI is InChI=1S/C18H17N3O2S/c1-2-4-14-18(8-3-9-18)20-16(22)21(14)17-19-15-11-7-10-23-12(11)5-6-13(15)24-17/h5-6,14H,3,7-10H2,1H3,(H,20,22). The summed E-state index contributed by atoms with van der Waals surface area (Å²) in [7, 11) is 0. The summed E-state index contributed by atoms with van der Waals surface area (Å²) in [5.41, 5.74) is 1.94. The Morgan fingerprint density at radius 1 is 1.46 bits per heavy atom. The lowest BCUT2D eigenvalue weighted by molar-refractivity contribution is 0.205. The van der Waals surface area contributed by atoms with Gasteiger partial charge in [0.1, 0.15) is 11.8 Å². The average Bonchev–Trinajstić information content (AvgIpc) is 3.20. The number of amides is 2. The lowest BCUT2D eigenvalue weighted by Gasteiger charge is -2.40. The van der Waals surface area contributed by atoms with Crippen LogP contribution in [0.5, 0.6) is 5.75 Å². The van der Waals surface area contributed by atoms with Gasteiger partial charge in [-0.25, -0.2) is 9.78 Å². The van der Waals surface area contributed by atoms with Gasteiger partial charge in [-0.2, -0.15) is 0 Å². The molecule has 24 heavy (non-hydrogen) atoms. The maximum Gasteiger partial charge on any atom is 0.325 e. The summed E-state index contributed by atoms with van der Waals surface area (Å²) in [5, 5.41) is 3.91.